The van der Waals surface area contributed by atoms with Gasteiger partial charge in [-0.1, -0.05) is 85.5 Å². The minimum absolute atomic E-state index is 0.0717. The average Bonchev–Trinajstić information content (AvgIpc) is 3.46. The fourth-order valence-corrected chi connectivity index (χ4v) is 6.67. The summed E-state index contributed by atoms with van der Waals surface area (Å²) in [6.45, 7) is 3.33. The van der Waals surface area contributed by atoms with Crippen molar-refractivity contribution in [3.63, 3.8) is 0 Å². The highest BCUT2D eigenvalue weighted by atomic mass is 35.5. The van der Waals surface area contributed by atoms with Gasteiger partial charge in [0.1, 0.15) is 12.6 Å². The molecule has 0 unspecified atom stereocenters. The fraction of sp³-hybridized carbons (Fsp3) is 0.355. The van der Waals surface area contributed by atoms with Gasteiger partial charge in [0.25, 0.3) is 10.0 Å². The van der Waals surface area contributed by atoms with Crippen molar-refractivity contribution in [1.29, 1.82) is 0 Å². The van der Waals surface area contributed by atoms with Crippen LogP contribution in [0.2, 0.25) is 5.02 Å². The molecule has 3 aromatic carbocycles. The minimum atomic E-state index is -4.09. The molecule has 1 N–H and O–H groups in total. The highest BCUT2D eigenvalue weighted by Gasteiger charge is 2.34. The van der Waals surface area contributed by atoms with Crippen LogP contribution in [-0.2, 0) is 26.2 Å². The van der Waals surface area contributed by atoms with E-state index in [0.717, 1.165) is 35.6 Å². The Morgan fingerprint density at radius 1 is 0.950 bits per heavy atom. The van der Waals surface area contributed by atoms with Crippen LogP contribution < -0.4 is 9.62 Å². The monoisotopic (exact) mass is 581 g/mol. The number of sulfonamides is 1. The van der Waals surface area contributed by atoms with Gasteiger partial charge in [-0.3, -0.25) is 13.9 Å². The van der Waals surface area contributed by atoms with Gasteiger partial charge in [0.2, 0.25) is 11.8 Å². The lowest BCUT2D eigenvalue weighted by molar-refractivity contribution is -0.140. The summed E-state index contributed by atoms with van der Waals surface area (Å²) in [7, 11) is -4.09. The van der Waals surface area contributed by atoms with E-state index in [4.69, 9.17) is 11.6 Å². The smallest absolute Gasteiger partial charge is 0.264 e. The van der Waals surface area contributed by atoms with E-state index in [1.165, 1.54) is 17.0 Å². The number of hydrogen-bond acceptors (Lipinski definition) is 4. The van der Waals surface area contributed by atoms with Gasteiger partial charge >= 0.3 is 0 Å². The van der Waals surface area contributed by atoms with Crippen LogP contribution in [0.1, 0.15) is 50.2 Å². The van der Waals surface area contributed by atoms with Crippen LogP contribution in [0.5, 0.6) is 0 Å². The summed E-state index contributed by atoms with van der Waals surface area (Å²) < 4.78 is 28.9. The second kappa shape index (κ2) is 13.3. The third-order valence-corrected chi connectivity index (χ3v) is 9.47. The predicted molar refractivity (Wildman–Crippen MR) is 159 cm³/mol. The largest absolute Gasteiger partial charge is 0.352 e. The van der Waals surface area contributed by atoms with Crippen LogP contribution in [0.3, 0.4) is 0 Å². The maximum atomic E-state index is 14.1. The molecule has 0 radical (unpaired) electrons. The van der Waals surface area contributed by atoms with E-state index in [1.807, 2.05) is 26.0 Å². The lowest BCUT2D eigenvalue weighted by Crippen LogP contribution is -2.53. The van der Waals surface area contributed by atoms with E-state index in [9.17, 15) is 18.0 Å². The van der Waals surface area contributed by atoms with Crippen LogP contribution in [0.15, 0.2) is 83.8 Å². The number of halogens is 1. The van der Waals surface area contributed by atoms with E-state index in [-0.39, 0.29) is 23.4 Å². The van der Waals surface area contributed by atoms with Gasteiger partial charge in [-0.25, -0.2) is 8.42 Å². The Labute approximate surface area is 242 Å². The Kier molecular flexibility index (Phi) is 9.87. The highest BCUT2D eigenvalue weighted by molar-refractivity contribution is 7.92. The zero-order valence-corrected chi connectivity index (χ0v) is 24.5. The SMILES string of the molecule is CC[C@H](C(=O)NC1CCCC1)N(Cc1ccccc1Cl)C(=O)CN(c1ccccc1)S(=O)(=O)c1ccc(C)cc1. The zero-order valence-electron chi connectivity index (χ0n) is 22.9. The number of nitrogens with zero attached hydrogens (tertiary/aromatic N) is 2. The Bertz CT molecular complexity index is 1410. The van der Waals surface area contributed by atoms with Crippen molar-refractivity contribution in [1.82, 2.24) is 10.2 Å². The molecular formula is C31H36ClN3O4S. The van der Waals surface area contributed by atoms with E-state index >= 15 is 0 Å². The number of rotatable bonds is 11. The van der Waals surface area contributed by atoms with Gasteiger partial charge in [-0.2, -0.15) is 0 Å². The standard InChI is InChI=1S/C31H36ClN3O4S/c1-3-29(31(37)33-25-12-8-9-13-25)34(21-24-11-7-10-16-28(24)32)30(36)22-35(26-14-5-4-6-15-26)40(38,39)27-19-17-23(2)18-20-27/h4-7,10-11,14-20,25,29H,3,8-9,12-13,21-22H2,1-2H3,(H,33,37)/t29-/m1/s1. The first kappa shape index (κ1) is 29.6. The van der Waals surface area contributed by atoms with Crippen LogP contribution >= 0.6 is 11.6 Å². The fourth-order valence-electron chi connectivity index (χ4n) is 5.06. The molecule has 1 aliphatic rings. The molecule has 3 aromatic rings. The maximum Gasteiger partial charge on any atom is 0.264 e. The van der Waals surface area contributed by atoms with Gasteiger partial charge in [-0.15, -0.1) is 0 Å². The lowest BCUT2D eigenvalue weighted by Gasteiger charge is -2.34. The van der Waals surface area contributed by atoms with Gasteiger partial charge in [0, 0.05) is 17.6 Å². The molecule has 0 heterocycles. The molecule has 9 heteroatoms. The molecule has 0 bridgehead atoms. The Balaban J connectivity index is 1.70. The molecule has 0 aliphatic heterocycles. The summed E-state index contributed by atoms with van der Waals surface area (Å²) in [5.41, 5.74) is 1.96. The molecule has 40 heavy (non-hydrogen) atoms. The molecule has 4 rings (SSSR count). The molecular weight excluding hydrogens is 546 g/mol. The normalized spacial score (nSPS) is 14.5. The maximum absolute atomic E-state index is 14.1. The van der Waals surface area contributed by atoms with Crippen LogP contribution in [0, 0.1) is 6.92 Å². The van der Waals surface area contributed by atoms with Crippen molar-refractivity contribution in [2.24, 2.45) is 0 Å². The summed E-state index contributed by atoms with van der Waals surface area (Å²) >= 11 is 6.46. The van der Waals surface area contributed by atoms with Crippen molar-refractivity contribution < 1.29 is 18.0 Å². The number of amides is 2. The number of hydrogen-bond donors (Lipinski definition) is 1. The molecule has 7 nitrogen and oxygen atoms in total. The Hall–Kier alpha value is -3.36. The van der Waals surface area contributed by atoms with Gasteiger partial charge in [0.15, 0.2) is 0 Å². The summed E-state index contributed by atoms with van der Waals surface area (Å²) in [6, 6.07) is 21.5. The zero-order chi connectivity index (χ0) is 28.7. The molecule has 0 aromatic heterocycles. The summed E-state index contributed by atoms with van der Waals surface area (Å²) in [4.78, 5) is 29.1. The molecule has 1 aliphatic carbocycles. The first-order valence-electron chi connectivity index (χ1n) is 13.7. The molecule has 0 saturated heterocycles. The Morgan fingerprint density at radius 3 is 2.20 bits per heavy atom. The number of anilines is 1. The minimum Gasteiger partial charge on any atom is -0.352 e. The number of carbonyl (C=O) groups is 2. The van der Waals surface area contributed by atoms with Crippen molar-refractivity contribution in [2.45, 2.75) is 69.5 Å². The number of aryl methyl sites for hydroxylation is 1. The number of carbonyl (C=O) groups excluding carboxylic acids is 2. The highest BCUT2D eigenvalue weighted by Crippen LogP contribution is 2.26. The molecule has 212 valence electrons. The van der Waals surface area contributed by atoms with E-state index < -0.39 is 28.5 Å². The molecule has 2 amide bonds. The summed E-state index contributed by atoms with van der Waals surface area (Å²) in [5, 5.41) is 3.59. The molecule has 1 saturated carbocycles. The molecule has 0 spiro atoms. The summed E-state index contributed by atoms with van der Waals surface area (Å²) in [5.74, 6) is -0.727. The van der Waals surface area contributed by atoms with Crippen LogP contribution in [0.25, 0.3) is 0 Å². The van der Waals surface area contributed by atoms with E-state index in [0.29, 0.717) is 22.7 Å². The second-order valence-electron chi connectivity index (χ2n) is 10.2. The van der Waals surface area contributed by atoms with E-state index in [1.54, 1.807) is 54.6 Å². The second-order valence-corrected chi connectivity index (χ2v) is 12.5. The number of nitrogens with one attached hydrogen (secondary N) is 1. The molecule has 1 fully saturated rings. The topological polar surface area (TPSA) is 86.8 Å². The van der Waals surface area contributed by atoms with Gasteiger partial charge in [-0.05, 0) is 62.1 Å². The van der Waals surface area contributed by atoms with Gasteiger partial charge in [0.05, 0.1) is 10.6 Å². The van der Waals surface area contributed by atoms with Gasteiger partial charge < -0.3 is 10.2 Å². The predicted octanol–water partition coefficient (Wildman–Crippen LogP) is 5.71. The number of para-hydroxylation sites is 1. The quantitative estimate of drug-likeness (QED) is 0.314. The van der Waals surface area contributed by atoms with Crippen molar-refractivity contribution in [2.75, 3.05) is 10.8 Å². The van der Waals surface area contributed by atoms with E-state index in [2.05, 4.69) is 5.32 Å². The summed E-state index contributed by atoms with van der Waals surface area (Å²) in [6.07, 6.45) is 4.32. The van der Waals surface area contributed by atoms with Crippen LogP contribution in [-0.4, -0.2) is 43.8 Å². The first-order valence-corrected chi connectivity index (χ1v) is 15.5. The third-order valence-electron chi connectivity index (χ3n) is 7.32. The lowest BCUT2D eigenvalue weighted by atomic mass is 10.1. The third kappa shape index (κ3) is 7.04. The van der Waals surface area contributed by atoms with Crippen LogP contribution in [0.4, 0.5) is 5.69 Å². The first-order chi connectivity index (χ1) is 19.2. The average molecular weight is 582 g/mol. The Morgan fingerprint density at radius 2 is 1.57 bits per heavy atom. The van der Waals surface area contributed by atoms with Crippen molar-refractivity contribution in [3.8, 4) is 0 Å². The van der Waals surface area contributed by atoms with Crippen molar-refractivity contribution >= 4 is 39.1 Å². The van der Waals surface area contributed by atoms with Crippen molar-refractivity contribution in [3.05, 3.63) is 95.0 Å². The molecule has 1 atom stereocenters. The number of benzene rings is 3.